The molecular weight excluding hydrogens is 248 g/mol. The van der Waals surface area contributed by atoms with Gasteiger partial charge in [-0.3, -0.25) is 4.79 Å². The molecule has 106 valence electrons. The summed E-state index contributed by atoms with van der Waals surface area (Å²) in [4.78, 5) is 12.5. The number of benzene rings is 1. The Morgan fingerprint density at radius 1 is 1.30 bits per heavy atom. The zero-order chi connectivity index (χ0) is 14.6. The fraction of sp³-hybridized carbons (Fsp3) is 0.529. The monoisotopic (exact) mass is 270 g/mol. The lowest BCUT2D eigenvalue weighted by Crippen LogP contribution is -2.42. The Balaban J connectivity index is 2.11. The van der Waals surface area contributed by atoms with Crippen LogP contribution in [0.3, 0.4) is 0 Å². The third kappa shape index (κ3) is 2.85. The molecule has 0 spiro atoms. The van der Waals surface area contributed by atoms with Crippen LogP contribution in [0.1, 0.15) is 56.2 Å². The fourth-order valence-corrected chi connectivity index (χ4v) is 3.03. The van der Waals surface area contributed by atoms with E-state index < -0.39 is 5.41 Å². The van der Waals surface area contributed by atoms with Crippen LogP contribution in [0, 0.1) is 23.7 Å². The van der Waals surface area contributed by atoms with Crippen molar-refractivity contribution in [3.8, 4) is 6.07 Å². The highest BCUT2D eigenvalue weighted by Crippen LogP contribution is 2.36. The Morgan fingerprint density at radius 3 is 2.55 bits per heavy atom. The zero-order valence-corrected chi connectivity index (χ0v) is 12.3. The fourth-order valence-electron chi connectivity index (χ4n) is 3.03. The number of hydrogen-bond acceptors (Lipinski definition) is 2. The molecule has 1 aliphatic carbocycles. The molecule has 1 saturated carbocycles. The molecule has 0 aliphatic heterocycles. The van der Waals surface area contributed by atoms with Crippen molar-refractivity contribution in [2.24, 2.45) is 5.41 Å². The van der Waals surface area contributed by atoms with E-state index in [1.807, 2.05) is 38.1 Å². The highest BCUT2D eigenvalue weighted by molar-refractivity contribution is 5.85. The van der Waals surface area contributed by atoms with Crippen molar-refractivity contribution in [2.75, 3.05) is 0 Å². The lowest BCUT2D eigenvalue weighted by Gasteiger charge is -2.30. The summed E-state index contributed by atoms with van der Waals surface area (Å²) in [5.41, 5.74) is 1.47. The number of hydrogen-bond donors (Lipinski definition) is 1. The molecule has 0 saturated heterocycles. The maximum atomic E-state index is 12.5. The van der Waals surface area contributed by atoms with E-state index in [1.54, 1.807) is 0 Å². The van der Waals surface area contributed by atoms with Crippen LogP contribution in [-0.4, -0.2) is 5.91 Å². The maximum Gasteiger partial charge on any atom is 0.240 e. The van der Waals surface area contributed by atoms with Crippen LogP contribution in [-0.2, 0) is 4.79 Å². The molecule has 2 rings (SSSR count). The van der Waals surface area contributed by atoms with Crippen molar-refractivity contribution in [2.45, 2.75) is 52.0 Å². The minimum absolute atomic E-state index is 0.0594. The van der Waals surface area contributed by atoms with Gasteiger partial charge in [0.1, 0.15) is 5.41 Å². The lowest BCUT2D eigenvalue weighted by atomic mass is 9.74. The third-order valence-corrected chi connectivity index (χ3v) is 4.36. The molecule has 1 fully saturated rings. The highest BCUT2D eigenvalue weighted by Gasteiger charge is 2.40. The standard InChI is InChI=1S/C17H22N2O/c1-13-8-4-5-9-15(13)14(2)19-16(20)17(12-18)10-6-3-7-11-17/h4-5,8-9,14H,3,6-7,10-11H2,1-2H3,(H,19,20). The number of nitrogens with one attached hydrogen (secondary N) is 1. The SMILES string of the molecule is Cc1ccccc1C(C)NC(=O)C1(C#N)CCCCC1. The van der Waals surface area contributed by atoms with Crippen LogP contribution in [0.2, 0.25) is 0 Å². The first-order valence-electron chi connectivity index (χ1n) is 7.37. The molecule has 1 aliphatic rings. The van der Waals surface area contributed by atoms with Crippen LogP contribution in [0.25, 0.3) is 0 Å². The second-order valence-electron chi connectivity index (χ2n) is 5.81. The molecule has 0 aromatic heterocycles. The first-order valence-corrected chi connectivity index (χ1v) is 7.37. The predicted molar refractivity (Wildman–Crippen MR) is 78.9 cm³/mol. The van der Waals surface area contributed by atoms with Gasteiger partial charge in [0.05, 0.1) is 12.1 Å². The molecule has 3 heteroatoms. The van der Waals surface area contributed by atoms with E-state index in [4.69, 9.17) is 0 Å². The molecule has 1 unspecified atom stereocenters. The van der Waals surface area contributed by atoms with Crippen molar-refractivity contribution in [1.82, 2.24) is 5.32 Å². The molecule has 1 N–H and O–H groups in total. The molecule has 1 aromatic carbocycles. The number of aryl methyl sites for hydroxylation is 1. The van der Waals surface area contributed by atoms with Gasteiger partial charge in [0.2, 0.25) is 5.91 Å². The van der Waals surface area contributed by atoms with Crippen molar-refractivity contribution in [3.05, 3.63) is 35.4 Å². The van der Waals surface area contributed by atoms with Crippen LogP contribution in [0.4, 0.5) is 0 Å². The van der Waals surface area contributed by atoms with Gasteiger partial charge in [-0.25, -0.2) is 0 Å². The quantitative estimate of drug-likeness (QED) is 0.911. The van der Waals surface area contributed by atoms with Gasteiger partial charge in [-0.05, 0) is 37.8 Å². The molecule has 0 heterocycles. The molecule has 1 atom stereocenters. The summed E-state index contributed by atoms with van der Waals surface area (Å²) < 4.78 is 0. The van der Waals surface area contributed by atoms with Gasteiger partial charge in [-0.15, -0.1) is 0 Å². The third-order valence-electron chi connectivity index (χ3n) is 4.36. The number of nitriles is 1. The average Bonchev–Trinajstić information content (AvgIpc) is 2.48. The zero-order valence-electron chi connectivity index (χ0n) is 12.3. The van der Waals surface area contributed by atoms with Gasteiger partial charge in [0, 0.05) is 0 Å². The topological polar surface area (TPSA) is 52.9 Å². The Hall–Kier alpha value is -1.82. The number of rotatable bonds is 3. The maximum absolute atomic E-state index is 12.5. The van der Waals surface area contributed by atoms with E-state index in [0.717, 1.165) is 30.4 Å². The van der Waals surface area contributed by atoms with Crippen LogP contribution >= 0.6 is 0 Å². The molecule has 1 aromatic rings. The molecule has 3 nitrogen and oxygen atoms in total. The van der Waals surface area contributed by atoms with E-state index in [0.29, 0.717) is 12.8 Å². The molecule has 0 bridgehead atoms. The number of carbonyl (C=O) groups is 1. The lowest BCUT2D eigenvalue weighted by molar-refractivity contribution is -0.130. The molecule has 0 radical (unpaired) electrons. The normalized spacial score (nSPS) is 18.9. The van der Waals surface area contributed by atoms with E-state index in [-0.39, 0.29) is 11.9 Å². The van der Waals surface area contributed by atoms with Crippen molar-refractivity contribution < 1.29 is 4.79 Å². The Kier molecular flexibility index (Phi) is 4.44. The van der Waals surface area contributed by atoms with Crippen LogP contribution in [0.15, 0.2) is 24.3 Å². The van der Waals surface area contributed by atoms with E-state index in [1.165, 1.54) is 0 Å². The van der Waals surface area contributed by atoms with Crippen molar-refractivity contribution in [3.63, 3.8) is 0 Å². The Bertz CT molecular complexity index is 524. The van der Waals surface area contributed by atoms with Crippen LogP contribution < -0.4 is 5.32 Å². The number of carbonyl (C=O) groups excluding carboxylic acids is 1. The Labute approximate surface area is 121 Å². The van der Waals surface area contributed by atoms with Crippen molar-refractivity contribution in [1.29, 1.82) is 5.26 Å². The minimum atomic E-state index is -0.810. The summed E-state index contributed by atoms with van der Waals surface area (Å²) in [5, 5.41) is 12.5. The summed E-state index contributed by atoms with van der Waals surface area (Å²) in [5.74, 6) is -0.101. The van der Waals surface area contributed by atoms with E-state index in [9.17, 15) is 10.1 Å². The summed E-state index contributed by atoms with van der Waals surface area (Å²) in [7, 11) is 0. The van der Waals surface area contributed by atoms with Gasteiger partial charge in [0.25, 0.3) is 0 Å². The Morgan fingerprint density at radius 2 is 1.95 bits per heavy atom. The molecular formula is C17H22N2O. The van der Waals surface area contributed by atoms with Crippen molar-refractivity contribution >= 4 is 5.91 Å². The van der Waals surface area contributed by atoms with Gasteiger partial charge < -0.3 is 5.32 Å². The van der Waals surface area contributed by atoms with Crippen LogP contribution in [0.5, 0.6) is 0 Å². The first-order chi connectivity index (χ1) is 9.59. The second-order valence-corrected chi connectivity index (χ2v) is 5.81. The summed E-state index contributed by atoms with van der Waals surface area (Å²) in [6, 6.07) is 10.3. The van der Waals surface area contributed by atoms with Gasteiger partial charge in [0.15, 0.2) is 0 Å². The average molecular weight is 270 g/mol. The summed E-state index contributed by atoms with van der Waals surface area (Å²) >= 11 is 0. The first kappa shape index (κ1) is 14.6. The predicted octanol–water partition coefficient (Wildman–Crippen LogP) is 3.65. The minimum Gasteiger partial charge on any atom is -0.348 e. The van der Waals surface area contributed by atoms with Gasteiger partial charge in [-0.1, -0.05) is 43.5 Å². The molecule has 20 heavy (non-hydrogen) atoms. The largest absolute Gasteiger partial charge is 0.348 e. The number of amides is 1. The summed E-state index contributed by atoms with van der Waals surface area (Å²) in [6.07, 6.45) is 4.45. The van der Waals surface area contributed by atoms with E-state index in [2.05, 4.69) is 11.4 Å². The number of nitrogens with zero attached hydrogens (tertiary/aromatic N) is 1. The highest BCUT2D eigenvalue weighted by atomic mass is 16.2. The van der Waals surface area contributed by atoms with Gasteiger partial charge in [-0.2, -0.15) is 5.26 Å². The second kappa shape index (κ2) is 6.09. The summed E-state index contributed by atoms with van der Waals surface area (Å²) in [6.45, 7) is 4.02. The van der Waals surface area contributed by atoms with Gasteiger partial charge >= 0.3 is 0 Å². The van der Waals surface area contributed by atoms with E-state index >= 15 is 0 Å². The smallest absolute Gasteiger partial charge is 0.240 e. The molecule has 1 amide bonds.